The third-order valence-electron chi connectivity index (χ3n) is 5.72. The summed E-state index contributed by atoms with van der Waals surface area (Å²) < 4.78 is 0. The number of carbonyl (C=O) groups is 1. The van der Waals surface area contributed by atoms with Gasteiger partial charge in [0, 0.05) is 52.2 Å². The number of hydrogen-bond acceptors (Lipinski definition) is 3. The molecule has 162 valence electrons. The minimum atomic E-state index is 0. The first kappa shape index (κ1) is 23.9. The summed E-state index contributed by atoms with van der Waals surface area (Å²) in [6, 6.07) is 9.03. The molecule has 0 spiro atoms. The number of nitrogens with one attached hydrogen (secondary N) is 2. The maximum absolute atomic E-state index is 11.8. The van der Waals surface area contributed by atoms with Gasteiger partial charge in [-0.15, -0.1) is 24.0 Å². The van der Waals surface area contributed by atoms with Crippen molar-refractivity contribution in [3.8, 4) is 0 Å². The van der Waals surface area contributed by atoms with E-state index in [2.05, 4.69) is 51.7 Å². The molecule has 3 rings (SSSR count). The highest BCUT2D eigenvalue weighted by molar-refractivity contribution is 14.0. The van der Waals surface area contributed by atoms with Crippen molar-refractivity contribution in [1.82, 2.24) is 20.4 Å². The molecule has 0 aliphatic carbocycles. The van der Waals surface area contributed by atoms with Gasteiger partial charge in [0.25, 0.3) is 0 Å². The molecule has 2 saturated heterocycles. The highest BCUT2D eigenvalue weighted by atomic mass is 127. The topological polar surface area (TPSA) is 60.0 Å². The molecule has 7 heteroatoms. The Kier molecular flexibility index (Phi) is 10.2. The number of hydrogen-bond donors (Lipinski definition) is 2. The van der Waals surface area contributed by atoms with Gasteiger partial charge in [0.05, 0.1) is 0 Å². The van der Waals surface area contributed by atoms with E-state index in [1.807, 2.05) is 11.9 Å². The van der Waals surface area contributed by atoms with Crippen molar-refractivity contribution >= 4 is 35.8 Å². The first-order valence-corrected chi connectivity index (χ1v) is 10.7. The Morgan fingerprint density at radius 3 is 2.41 bits per heavy atom. The second-order valence-corrected chi connectivity index (χ2v) is 7.92. The van der Waals surface area contributed by atoms with Crippen LogP contribution in [-0.2, 0) is 17.9 Å². The number of guanidine groups is 1. The molecule has 0 unspecified atom stereocenters. The second kappa shape index (κ2) is 12.4. The molecule has 1 amide bonds. The van der Waals surface area contributed by atoms with Crippen LogP contribution in [0.1, 0.15) is 50.2 Å². The van der Waals surface area contributed by atoms with Gasteiger partial charge in [-0.25, -0.2) is 0 Å². The van der Waals surface area contributed by atoms with E-state index in [0.29, 0.717) is 12.5 Å². The smallest absolute Gasteiger partial charge is 0.222 e. The lowest BCUT2D eigenvalue weighted by atomic mass is 10.1. The van der Waals surface area contributed by atoms with Crippen molar-refractivity contribution < 1.29 is 4.79 Å². The maximum Gasteiger partial charge on any atom is 0.222 e. The molecule has 0 atom stereocenters. The summed E-state index contributed by atoms with van der Waals surface area (Å²) in [5.74, 6) is 1.15. The Morgan fingerprint density at radius 2 is 1.83 bits per heavy atom. The standard InChI is InChI=1S/C22H35N5O.HI/c1-3-12-26-14-10-20(11-15-26)25-22(23-2)24-16-18-6-8-19(9-7-18)17-27-13-4-5-21(27)28;/h6-9,20H,3-5,10-17H2,1-2H3,(H2,23,24,25);1H. The van der Waals surface area contributed by atoms with E-state index in [-0.39, 0.29) is 29.9 Å². The molecular formula is C22H36IN5O. The Bertz CT molecular complexity index is 656. The van der Waals surface area contributed by atoms with Crippen LogP contribution in [0.3, 0.4) is 0 Å². The predicted molar refractivity (Wildman–Crippen MR) is 130 cm³/mol. The fourth-order valence-corrected chi connectivity index (χ4v) is 4.05. The molecule has 29 heavy (non-hydrogen) atoms. The average molecular weight is 513 g/mol. The van der Waals surface area contributed by atoms with E-state index < -0.39 is 0 Å². The third-order valence-corrected chi connectivity index (χ3v) is 5.72. The zero-order valence-electron chi connectivity index (χ0n) is 17.8. The predicted octanol–water partition coefficient (Wildman–Crippen LogP) is 2.97. The van der Waals surface area contributed by atoms with Gasteiger partial charge in [-0.05, 0) is 43.4 Å². The van der Waals surface area contributed by atoms with E-state index in [1.165, 1.54) is 50.0 Å². The molecule has 0 aromatic heterocycles. The molecule has 2 N–H and O–H groups in total. The van der Waals surface area contributed by atoms with Crippen LogP contribution in [0.5, 0.6) is 0 Å². The van der Waals surface area contributed by atoms with Crippen molar-refractivity contribution in [2.24, 2.45) is 4.99 Å². The summed E-state index contributed by atoms with van der Waals surface area (Å²) >= 11 is 0. The van der Waals surface area contributed by atoms with Gasteiger partial charge in [0.15, 0.2) is 5.96 Å². The Morgan fingerprint density at radius 1 is 1.14 bits per heavy atom. The summed E-state index contributed by atoms with van der Waals surface area (Å²) in [6.07, 6.45) is 5.26. The van der Waals surface area contributed by atoms with Crippen LogP contribution in [0.2, 0.25) is 0 Å². The molecule has 0 radical (unpaired) electrons. The lowest BCUT2D eigenvalue weighted by Crippen LogP contribution is -2.48. The van der Waals surface area contributed by atoms with Gasteiger partial charge < -0.3 is 20.4 Å². The minimum Gasteiger partial charge on any atom is -0.354 e. The molecule has 1 aromatic carbocycles. The van der Waals surface area contributed by atoms with E-state index in [1.54, 1.807) is 0 Å². The first-order valence-electron chi connectivity index (χ1n) is 10.7. The summed E-state index contributed by atoms with van der Waals surface area (Å²) in [6.45, 7) is 8.16. The Hall–Kier alpha value is -1.35. The molecule has 2 aliphatic heterocycles. The number of amides is 1. The molecule has 0 saturated carbocycles. The zero-order valence-corrected chi connectivity index (χ0v) is 20.2. The van der Waals surface area contributed by atoms with Crippen molar-refractivity contribution in [2.75, 3.05) is 33.2 Å². The van der Waals surface area contributed by atoms with Gasteiger partial charge in [-0.3, -0.25) is 9.79 Å². The average Bonchev–Trinajstić information content (AvgIpc) is 3.12. The Labute approximate surface area is 192 Å². The van der Waals surface area contributed by atoms with Crippen LogP contribution in [0, 0.1) is 0 Å². The molecule has 2 fully saturated rings. The lowest BCUT2D eigenvalue weighted by Gasteiger charge is -2.32. The van der Waals surface area contributed by atoms with E-state index in [9.17, 15) is 4.79 Å². The molecule has 2 aliphatic rings. The highest BCUT2D eigenvalue weighted by Crippen LogP contribution is 2.15. The minimum absolute atomic E-state index is 0. The lowest BCUT2D eigenvalue weighted by molar-refractivity contribution is -0.128. The van der Waals surface area contributed by atoms with E-state index in [4.69, 9.17) is 0 Å². The van der Waals surface area contributed by atoms with Crippen LogP contribution in [0.25, 0.3) is 0 Å². The zero-order chi connectivity index (χ0) is 19.8. The number of piperidine rings is 1. The fourth-order valence-electron chi connectivity index (χ4n) is 4.05. The van der Waals surface area contributed by atoms with Crippen molar-refractivity contribution in [1.29, 1.82) is 0 Å². The normalized spacial score (nSPS) is 18.6. The van der Waals surface area contributed by atoms with Gasteiger partial charge in [-0.1, -0.05) is 31.2 Å². The van der Waals surface area contributed by atoms with Gasteiger partial charge in [0.1, 0.15) is 0 Å². The Balaban J connectivity index is 0.00000300. The van der Waals surface area contributed by atoms with Gasteiger partial charge >= 0.3 is 0 Å². The van der Waals surface area contributed by atoms with Crippen LogP contribution < -0.4 is 10.6 Å². The molecule has 0 bridgehead atoms. The van der Waals surface area contributed by atoms with Gasteiger partial charge in [-0.2, -0.15) is 0 Å². The molecule has 2 heterocycles. The van der Waals surface area contributed by atoms with Crippen molar-refractivity contribution in [3.05, 3.63) is 35.4 Å². The molecule has 1 aromatic rings. The second-order valence-electron chi connectivity index (χ2n) is 7.92. The van der Waals surface area contributed by atoms with E-state index >= 15 is 0 Å². The van der Waals surface area contributed by atoms with Crippen molar-refractivity contribution in [3.63, 3.8) is 0 Å². The number of likely N-dealkylation sites (tertiary alicyclic amines) is 2. The molecular weight excluding hydrogens is 477 g/mol. The van der Waals surface area contributed by atoms with Crippen molar-refractivity contribution in [2.45, 2.75) is 58.2 Å². The summed E-state index contributed by atoms with van der Waals surface area (Å²) in [4.78, 5) is 20.6. The number of halogens is 1. The van der Waals surface area contributed by atoms with Gasteiger partial charge in [0.2, 0.25) is 5.91 Å². The number of benzene rings is 1. The maximum atomic E-state index is 11.8. The van der Waals surface area contributed by atoms with Crippen LogP contribution in [-0.4, -0.2) is 60.9 Å². The summed E-state index contributed by atoms with van der Waals surface area (Å²) in [5.41, 5.74) is 2.41. The number of aliphatic imine (C=N–C) groups is 1. The number of rotatable bonds is 7. The van der Waals surface area contributed by atoms with Crippen LogP contribution in [0.4, 0.5) is 0 Å². The fraction of sp³-hybridized carbons (Fsp3) is 0.636. The largest absolute Gasteiger partial charge is 0.354 e. The number of nitrogens with zero attached hydrogens (tertiary/aromatic N) is 3. The molecule has 6 nitrogen and oxygen atoms in total. The highest BCUT2D eigenvalue weighted by Gasteiger charge is 2.20. The quantitative estimate of drug-likeness (QED) is 0.335. The van der Waals surface area contributed by atoms with E-state index in [0.717, 1.165) is 32.0 Å². The number of carbonyl (C=O) groups excluding carboxylic acids is 1. The van der Waals surface area contributed by atoms with Crippen LogP contribution in [0.15, 0.2) is 29.3 Å². The monoisotopic (exact) mass is 513 g/mol. The first-order chi connectivity index (χ1) is 13.7. The van der Waals surface area contributed by atoms with Crippen LogP contribution >= 0.6 is 24.0 Å². The summed E-state index contributed by atoms with van der Waals surface area (Å²) in [7, 11) is 1.83. The third kappa shape index (κ3) is 7.44. The summed E-state index contributed by atoms with van der Waals surface area (Å²) in [5, 5.41) is 7.00. The SMILES string of the molecule is CCCN1CCC(NC(=NC)NCc2ccc(CN3CCCC3=O)cc2)CC1.I.